The van der Waals surface area contributed by atoms with Crippen LogP contribution in [0.3, 0.4) is 0 Å². The monoisotopic (exact) mass is 404 g/mol. The molecular weight excluding hydrogens is 376 g/mol. The summed E-state index contributed by atoms with van der Waals surface area (Å²) < 4.78 is 25.4. The maximum Gasteiger partial charge on any atom is 0.303 e. The van der Waals surface area contributed by atoms with E-state index in [2.05, 4.69) is 5.90 Å². The fourth-order valence-electron chi connectivity index (χ4n) is 2.52. The molecular formula is C17H28N2O7S. The Morgan fingerprint density at radius 2 is 1.70 bits per heavy atom. The Morgan fingerprint density at radius 1 is 1.11 bits per heavy atom. The minimum Gasteiger partial charge on any atom is -0.481 e. The molecule has 9 nitrogen and oxygen atoms in total. The number of aliphatic carboxylic acids is 1. The summed E-state index contributed by atoms with van der Waals surface area (Å²) >= 11 is 0. The Labute approximate surface area is 159 Å². The van der Waals surface area contributed by atoms with Crippen molar-refractivity contribution in [2.24, 2.45) is 5.90 Å². The van der Waals surface area contributed by atoms with E-state index in [-0.39, 0.29) is 17.7 Å². The second-order valence-electron chi connectivity index (χ2n) is 5.90. The molecule has 0 saturated carbocycles. The number of hydroxylamine groups is 1. The number of unbranched alkanes of at least 4 members (excludes halogenated alkanes) is 3. The minimum atomic E-state index is -3.94. The quantitative estimate of drug-likeness (QED) is 0.211. The number of carboxylic acid groups (broad SMARTS) is 1. The standard InChI is InChI=1S/C17H25NO6S.H3NO/c1-2-3-4-5-6-15(17(21)18-22)25(23,24)14-10-7-13(8-11-14)9-12-16(19)20;1-2/h7-8,10-11,15,22H,2-6,9,12H2,1H3,(H,18,21)(H,19,20);2H,1H2. The molecule has 0 aliphatic carbocycles. The number of nitrogens with two attached hydrogens (primary N) is 1. The van der Waals surface area contributed by atoms with Crippen molar-refractivity contribution in [1.82, 2.24) is 5.48 Å². The molecule has 0 aliphatic heterocycles. The summed E-state index contributed by atoms with van der Waals surface area (Å²) in [4.78, 5) is 22.4. The van der Waals surface area contributed by atoms with E-state index in [0.29, 0.717) is 18.4 Å². The van der Waals surface area contributed by atoms with Gasteiger partial charge >= 0.3 is 5.97 Å². The summed E-state index contributed by atoms with van der Waals surface area (Å²) in [5.74, 6) is 1.63. The van der Waals surface area contributed by atoms with Gasteiger partial charge in [0.15, 0.2) is 9.84 Å². The van der Waals surface area contributed by atoms with E-state index in [0.717, 1.165) is 19.3 Å². The summed E-state index contributed by atoms with van der Waals surface area (Å²) in [6.45, 7) is 2.03. The molecule has 0 saturated heterocycles. The maximum atomic E-state index is 12.7. The molecule has 1 unspecified atom stereocenters. The molecule has 0 radical (unpaired) electrons. The van der Waals surface area contributed by atoms with Gasteiger partial charge in [-0.15, -0.1) is 0 Å². The molecule has 0 fully saturated rings. The highest BCUT2D eigenvalue weighted by Crippen LogP contribution is 2.22. The van der Waals surface area contributed by atoms with Crippen LogP contribution in [0.4, 0.5) is 0 Å². The second kappa shape index (κ2) is 13.2. The number of amides is 1. The number of carboxylic acids is 1. The number of carbonyl (C=O) groups excluding carboxylic acids is 1. The van der Waals surface area contributed by atoms with E-state index in [1.165, 1.54) is 17.6 Å². The molecule has 0 aliphatic rings. The van der Waals surface area contributed by atoms with Gasteiger partial charge in [0.1, 0.15) is 5.25 Å². The third-order valence-corrected chi connectivity index (χ3v) is 6.10. The van der Waals surface area contributed by atoms with Crippen molar-refractivity contribution < 1.29 is 33.5 Å². The Bertz CT molecular complexity index is 675. The Morgan fingerprint density at radius 3 is 2.19 bits per heavy atom. The third kappa shape index (κ3) is 8.48. The SMILES string of the molecule is CCCCCCC(C(=O)NO)S(=O)(=O)c1ccc(CCC(=O)O)cc1.NO. The second-order valence-corrected chi connectivity index (χ2v) is 8.03. The number of hydrogen-bond donors (Lipinski definition) is 5. The smallest absolute Gasteiger partial charge is 0.303 e. The lowest BCUT2D eigenvalue weighted by atomic mass is 10.1. The number of carbonyl (C=O) groups is 2. The van der Waals surface area contributed by atoms with Gasteiger partial charge in [0.25, 0.3) is 5.91 Å². The number of aryl methyl sites for hydroxylation is 1. The van der Waals surface area contributed by atoms with Gasteiger partial charge < -0.3 is 10.3 Å². The van der Waals surface area contributed by atoms with Crippen LogP contribution in [-0.2, 0) is 25.8 Å². The van der Waals surface area contributed by atoms with Gasteiger partial charge in [-0.1, -0.05) is 44.7 Å². The van der Waals surface area contributed by atoms with Crippen molar-refractivity contribution in [1.29, 1.82) is 0 Å². The highest BCUT2D eigenvalue weighted by molar-refractivity contribution is 7.92. The molecule has 0 spiro atoms. The van der Waals surface area contributed by atoms with Crippen molar-refractivity contribution in [2.45, 2.75) is 62.0 Å². The molecule has 1 atom stereocenters. The first-order chi connectivity index (χ1) is 12.8. The van der Waals surface area contributed by atoms with E-state index in [4.69, 9.17) is 15.5 Å². The molecule has 154 valence electrons. The number of benzene rings is 1. The van der Waals surface area contributed by atoms with Crippen LogP contribution in [0, 0.1) is 0 Å². The minimum absolute atomic E-state index is 0.0179. The zero-order chi connectivity index (χ0) is 20.9. The normalized spacial score (nSPS) is 11.9. The van der Waals surface area contributed by atoms with Crippen LogP contribution in [-0.4, -0.2) is 41.1 Å². The summed E-state index contributed by atoms with van der Waals surface area (Å²) in [5.41, 5.74) is 2.14. The Balaban J connectivity index is 0.00000326. The lowest BCUT2D eigenvalue weighted by molar-refractivity contribution is -0.137. The van der Waals surface area contributed by atoms with Gasteiger partial charge in [-0.05, 0) is 30.5 Å². The lowest BCUT2D eigenvalue weighted by Crippen LogP contribution is -2.38. The molecule has 1 amide bonds. The number of rotatable bonds is 11. The largest absolute Gasteiger partial charge is 0.481 e. The number of hydrogen-bond acceptors (Lipinski definition) is 7. The van der Waals surface area contributed by atoms with Crippen LogP contribution in [0.5, 0.6) is 0 Å². The molecule has 6 N–H and O–H groups in total. The average molecular weight is 404 g/mol. The molecule has 10 heteroatoms. The third-order valence-electron chi connectivity index (χ3n) is 3.98. The van der Waals surface area contributed by atoms with E-state index >= 15 is 0 Å². The van der Waals surface area contributed by atoms with Gasteiger partial charge in [-0.3, -0.25) is 14.8 Å². The number of sulfone groups is 1. The van der Waals surface area contributed by atoms with Crippen molar-refractivity contribution in [2.75, 3.05) is 0 Å². The van der Waals surface area contributed by atoms with Crippen LogP contribution < -0.4 is 11.4 Å². The van der Waals surface area contributed by atoms with Crippen molar-refractivity contribution >= 4 is 21.7 Å². The summed E-state index contributed by atoms with van der Waals surface area (Å²) in [6.07, 6.45) is 3.71. The van der Waals surface area contributed by atoms with E-state index < -0.39 is 27.0 Å². The fourth-order valence-corrected chi connectivity index (χ4v) is 4.17. The molecule has 0 aromatic heterocycles. The van der Waals surface area contributed by atoms with Crippen LogP contribution in [0.15, 0.2) is 29.2 Å². The maximum absolute atomic E-state index is 12.7. The van der Waals surface area contributed by atoms with Crippen molar-refractivity contribution in [3.63, 3.8) is 0 Å². The predicted molar refractivity (Wildman–Crippen MR) is 98.0 cm³/mol. The van der Waals surface area contributed by atoms with Crippen LogP contribution >= 0.6 is 0 Å². The summed E-state index contributed by atoms with van der Waals surface area (Å²) in [7, 11) is -3.94. The molecule has 1 aromatic carbocycles. The highest BCUT2D eigenvalue weighted by atomic mass is 32.2. The highest BCUT2D eigenvalue weighted by Gasteiger charge is 2.33. The topological polar surface area (TPSA) is 167 Å². The molecule has 0 bridgehead atoms. The molecule has 1 aromatic rings. The lowest BCUT2D eigenvalue weighted by Gasteiger charge is -2.16. The number of nitrogens with one attached hydrogen (secondary N) is 1. The van der Waals surface area contributed by atoms with E-state index in [1.807, 2.05) is 6.92 Å². The fraction of sp³-hybridized carbons (Fsp3) is 0.529. The zero-order valence-corrected chi connectivity index (χ0v) is 16.1. The first kappa shape index (κ1) is 25.0. The van der Waals surface area contributed by atoms with Gasteiger partial charge in [0, 0.05) is 6.42 Å². The van der Waals surface area contributed by atoms with Gasteiger partial charge in [-0.2, -0.15) is 0 Å². The van der Waals surface area contributed by atoms with E-state index in [1.54, 1.807) is 12.1 Å². The van der Waals surface area contributed by atoms with Crippen LogP contribution in [0.1, 0.15) is 51.0 Å². The van der Waals surface area contributed by atoms with Gasteiger partial charge in [-0.25, -0.2) is 19.8 Å². The van der Waals surface area contributed by atoms with Crippen LogP contribution in [0.25, 0.3) is 0 Å². The molecule has 27 heavy (non-hydrogen) atoms. The Kier molecular flexibility index (Phi) is 12.2. The average Bonchev–Trinajstić information content (AvgIpc) is 2.67. The summed E-state index contributed by atoms with van der Waals surface area (Å²) in [6, 6.07) is 5.83. The van der Waals surface area contributed by atoms with Gasteiger partial charge in [0.05, 0.1) is 4.90 Å². The van der Waals surface area contributed by atoms with Crippen LogP contribution in [0.2, 0.25) is 0 Å². The molecule has 1 rings (SSSR count). The van der Waals surface area contributed by atoms with Crippen molar-refractivity contribution in [3.8, 4) is 0 Å². The Hall–Kier alpha value is -2.01. The molecule has 0 heterocycles. The van der Waals surface area contributed by atoms with E-state index in [9.17, 15) is 18.0 Å². The predicted octanol–water partition coefficient (Wildman–Crippen LogP) is 1.66. The first-order valence-electron chi connectivity index (χ1n) is 8.57. The summed E-state index contributed by atoms with van der Waals surface area (Å²) in [5, 5.41) is 22.7. The van der Waals surface area contributed by atoms with Gasteiger partial charge in [0.2, 0.25) is 0 Å². The van der Waals surface area contributed by atoms with Crippen molar-refractivity contribution in [3.05, 3.63) is 29.8 Å². The first-order valence-corrected chi connectivity index (χ1v) is 10.1. The zero-order valence-electron chi connectivity index (χ0n) is 15.3.